The Morgan fingerprint density at radius 2 is 1.80 bits per heavy atom. The van der Waals surface area contributed by atoms with E-state index < -0.39 is 11.7 Å². The molecule has 1 aliphatic rings. The number of hydrogen-bond acceptors (Lipinski definition) is 4. The number of carbonyl (C=O) groups is 1. The van der Waals surface area contributed by atoms with Crippen LogP contribution in [0.5, 0.6) is 0 Å². The summed E-state index contributed by atoms with van der Waals surface area (Å²) in [7, 11) is 0. The second-order valence-corrected chi connectivity index (χ2v) is 7.22. The van der Waals surface area contributed by atoms with Crippen molar-refractivity contribution in [3.63, 3.8) is 0 Å². The number of aromatic nitrogens is 3. The molecule has 0 bridgehead atoms. The summed E-state index contributed by atoms with van der Waals surface area (Å²) in [5.74, 6) is 0.0477. The molecule has 1 amide bonds. The topological polar surface area (TPSA) is 59.0 Å². The highest BCUT2D eigenvalue weighted by molar-refractivity contribution is 5.93. The van der Waals surface area contributed by atoms with E-state index in [1.807, 2.05) is 0 Å². The fourth-order valence-electron chi connectivity index (χ4n) is 3.62. The van der Waals surface area contributed by atoms with E-state index in [1.165, 1.54) is 12.3 Å². The summed E-state index contributed by atoms with van der Waals surface area (Å²) >= 11 is 0. The summed E-state index contributed by atoms with van der Waals surface area (Å²) in [6.45, 7) is 1.15. The lowest BCUT2D eigenvalue weighted by Gasteiger charge is -2.31. The van der Waals surface area contributed by atoms with Crippen LogP contribution in [0.4, 0.5) is 13.2 Å². The first-order valence-corrected chi connectivity index (χ1v) is 9.61. The summed E-state index contributed by atoms with van der Waals surface area (Å²) in [5, 5.41) is 0. The van der Waals surface area contributed by atoms with Gasteiger partial charge in [0.05, 0.1) is 28.7 Å². The van der Waals surface area contributed by atoms with Crippen LogP contribution in [0.1, 0.15) is 40.4 Å². The average molecular weight is 412 g/mol. The van der Waals surface area contributed by atoms with Crippen molar-refractivity contribution in [2.75, 3.05) is 13.1 Å². The fourth-order valence-corrected chi connectivity index (χ4v) is 3.62. The summed E-state index contributed by atoms with van der Waals surface area (Å²) in [6.07, 6.45) is 3.33. The number of carbonyl (C=O) groups excluding carboxylic acids is 1. The highest BCUT2D eigenvalue weighted by Gasteiger charge is 2.31. The van der Waals surface area contributed by atoms with Gasteiger partial charge in [-0.05, 0) is 37.1 Å². The van der Waals surface area contributed by atoms with Gasteiger partial charge in [0.15, 0.2) is 0 Å². The first-order chi connectivity index (χ1) is 14.4. The molecular weight excluding hydrogens is 393 g/mol. The quantitative estimate of drug-likeness (QED) is 0.632. The van der Waals surface area contributed by atoms with Crippen LogP contribution in [0.25, 0.3) is 11.3 Å². The first kappa shape index (κ1) is 20.0. The molecule has 0 N–H and O–H groups in total. The number of pyridine rings is 1. The molecule has 0 unspecified atom stereocenters. The minimum atomic E-state index is -4.41. The molecule has 5 nitrogen and oxygen atoms in total. The molecule has 0 atom stereocenters. The van der Waals surface area contributed by atoms with Gasteiger partial charge in [-0.3, -0.25) is 14.8 Å². The molecule has 0 radical (unpaired) electrons. The Hall–Kier alpha value is -3.29. The number of likely N-dealkylation sites (tertiary alicyclic amines) is 1. The van der Waals surface area contributed by atoms with Crippen LogP contribution in [-0.4, -0.2) is 38.8 Å². The van der Waals surface area contributed by atoms with E-state index in [0.717, 1.165) is 17.8 Å². The maximum absolute atomic E-state index is 13.0. The first-order valence-electron chi connectivity index (χ1n) is 9.61. The Morgan fingerprint density at radius 1 is 1.00 bits per heavy atom. The molecule has 0 aliphatic carbocycles. The molecule has 1 aliphatic heterocycles. The molecule has 1 fully saturated rings. The van der Waals surface area contributed by atoms with Crippen molar-refractivity contribution in [2.24, 2.45) is 0 Å². The maximum Gasteiger partial charge on any atom is 0.416 e. The van der Waals surface area contributed by atoms with Crippen LogP contribution in [-0.2, 0) is 6.18 Å². The fraction of sp³-hybridized carbons (Fsp3) is 0.273. The van der Waals surface area contributed by atoms with Gasteiger partial charge in [0.25, 0.3) is 5.91 Å². The van der Waals surface area contributed by atoms with E-state index in [9.17, 15) is 18.0 Å². The van der Waals surface area contributed by atoms with Gasteiger partial charge < -0.3 is 4.90 Å². The number of halogens is 3. The van der Waals surface area contributed by atoms with Crippen molar-refractivity contribution in [1.82, 2.24) is 19.9 Å². The van der Waals surface area contributed by atoms with Crippen molar-refractivity contribution in [1.29, 1.82) is 0 Å². The summed E-state index contributed by atoms with van der Waals surface area (Å²) in [6, 6.07) is 8.56. The molecular formula is C22H19F3N4O. The van der Waals surface area contributed by atoms with Gasteiger partial charge in [-0.2, -0.15) is 13.2 Å². The van der Waals surface area contributed by atoms with Gasteiger partial charge in [0, 0.05) is 43.2 Å². The molecule has 1 aromatic carbocycles. The predicted molar refractivity (Wildman–Crippen MR) is 105 cm³/mol. The van der Waals surface area contributed by atoms with Gasteiger partial charge in [-0.1, -0.05) is 12.1 Å². The summed E-state index contributed by atoms with van der Waals surface area (Å²) in [5.41, 5.74) is 1.37. The zero-order valence-corrected chi connectivity index (χ0v) is 16.0. The molecule has 2 aromatic heterocycles. The van der Waals surface area contributed by atoms with E-state index in [1.54, 1.807) is 41.7 Å². The van der Waals surface area contributed by atoms with E-state index in [4.69, 9.17) is 0 Å². The second-order valence-electron chi connectivity index (χ2n) is 7.22. The largest absolute Gasteiger partial charge is 0.416 e. The number of benzene rings is 1. The van der Waals surface area contributed by atoms with Crippen LogP contribution < -0.4 is 0 Å². The van der Waals surface area contributed by atoms with E-state index >= 15 is 0 Å². The van der Waals surface area contributed by atoms with Crippen molar-refractivity contribution < 1.29 is 18.0 Å². The lowest BCUT2D eigenvalue weighted by Crippen LogP contribution is -2.38. The maximum atomic E-state index is 13.0. The Labute approximate surface area is 171 Å². The van der Waals surface area contributed by atoms with Crippen molar-refractivity contribution >= 4 is 5.91 Å². The number of amides is 1. The van der Waals surface area contributed by atoms with Gasteiger partial charge in [-0.25, -0.2) is 4.98 Å². The van der Waals surface area contributed by atoms with E-state index in [-0.39, 0.29) is 11.8 Å². The molecule has 8 heteroatoms. The number of alkyl halides is 3. The van der Waals surface area contributed by atoms with Crippen LogP contribution in [0.3, 0.4) is 0 Å². The number of hydrogen-bond donors (Lipinski definition) is 0. The minimum absolute atomic E-state index is 0.0506. The minimum Gasteiger partial charge on any atom is -0.339 e. The summed E-state index contributed by atoms with van der Waals surface area (Å²) < 4.78 is 39.0. The molecule has 0 spiro atoms. The van der Waals surface area contributed by atoms with Crippen LogP contribution in [0.2, 0.25) is 0 Å². The van der Waals surface area contributed by atoms with Crippen molar-refractivity contribution in [3.05, 3.63) is 78.0 Å². The smallest absolute Gasteiger partial charge is 0.339 e. The lowest BCUT2D eigenvalue weighted by atomic mass is 9.93. The number of rotatable bonds is 3. The standard InChI is InChI=1S/C22H19F3N4O/c23-22(24,25)18-5-1-3-16(11-18)20-14-27-13-19(28-20)15-6-9-29(10-7-15)21(30)17-4-2-8-26-12-17/h1-5,8,11-15H,6-7,9-10H2. The van der Waals surface area contributed by atoms with Crippen LogP contribution >= 0.6 is 0 Å². The third-order valence-electron chi connectivity index (χ3n) is 5.25. The van der Waals surface area contributed by atoms with E-state index in [2.05, 4.69) is 15.0 Å². The highest BCUT2D eigenvalue weighted by atomic mass is 19.4. The van der Waals surface area contributed by atoms with Gasteiger partial charge in [0.1, 0.15) is 0 Å². The highest BCUT2D eigenvalue weighted by Crippen LogP contribution is 2.32. The molecule has 154 valence electrons. The lowest BCUT2D eigenvalue weighted by molar-refractivity contribution is -0.137. The predicted octanol–water partition coefficient (Wildman–Crippen LogP) is 4.58. The second kappa shape index (κ2) is 8.22. The van der Waals surface area contributed by atoms with E-state index in [0.29, 0.717) is 42.8 Å². The average Bonchev–Trinajstić information content (AvgIpc) is 2.79. The normalized spacial score (nSPS) is 15.2. The Morgan fingerprint density at radius 3 is 2.50 bits per heavy atom. The zero-order valence-electron chi connectivity index (χ0n) is 16.0. The van der Waals surface area contributed by atoms with Gasteiger partial charge in [-0.15, -0.1) is 0 Å². The summed E-state index contributed by atoms with van der Waals surface area (Å²) in [4.78, 5) is 27.1. The molecule has 3 heterocycles. The molecule has 30 heavy (non-hydrogen) atoms. The monoisotopic (exact) mass is 412 g/mol. The van der Waals surface area contributed by atoms with Crippen molar-refractivity contribution in [2.45, 2.75) is 24.9 Å². The molecule has 4 rings (SSSR count). The Balaban J connectivity index is 1.47. The van der Waals surface area contributed by atoms with Crippen LogP contribution in [0.15, 0.2) is 61.2 Å². The SMILES string of the molecule is O=C(c1cccnc1)N1CCC(c2cncc(-c3cccc(C(F)(F)F)c3)n2)CC1. The Kier molecular flexibility index (Phi) is 5.48. The van der Waals surface area contributed by atoms with Crippen LogP contribution in [0, 0.1) is 0 Å². The van der Waals surface area contributed by atoms with Gasteiger partial charge >= 0.3 is 6.18 Å². The number of nitrogens with zero attached hydrogens (tertiary/aromatic N) is 4. The molecule has 1 saturated heterocycles. The third-order valence-corrected chi connectivity index (χ3v) is 5.25. The van der Waals surface area contributed by atoms with Crippen molar-refractivity contribution in [3.8, 4) is 11.3 Å². The molecule has 3 aromatic rings. The third kappa shape index (κ3) is 4.32. The van der Waals surface area contributed by atoms with Gasteiger partial charge in [0.2, 0.25) is 0 Å². The molecule has 0 saturated carbocycles. The zero-order chi connectivity index (χ0) is 21.1. The Bertz CT molecular complexity index is 1030. The number of piperidine rings is 1.